The Bertz CT molecular complexity index is 1190. The van der Waals surface area contributed by atoms with Gasteiger partial charge in [-0.05, 0) is 67.9 Å². The number of carboxylic acids is 1. The van der Waals surface area contributed by atoms with E-state index in [-0.39, 0.29) is 17.1 Å². The molecule has 0 aliphatic heterocycles. The Morgan fingerprint density at radius 2 is 1.61 bits per heavy atom. The summed E-state index contributed by atoms with van der Waals surface area (Å²) in [5, 5.41) is 18.3. The molecule has 0 aromatic heterocycles. The molecule has 33 heavy (non-hydrogen) atoms. The third-order valence-electron chi connectivity index (χ3n) is 4.92. The lowest BCUT2D eigenvalue weighted by Crippen LogP contribution is -2.38. The Kier molecular flexibility index (Phi) is 6.99. The Labute approximate surface area is 191 Å². The van der Waals surface area contributed by atoms with E-state index in [2.05, 4.69) is 6.07 Å². The second-order valence-electron chi connectivity index (χ2n) is 7.73. The predicted octanol–water partition coefficient (Wildman–Crippen LogP) is 4.62. The van der Waals surface area contributed by atoms with Crippen molar-refractivity contribution < 1.29 is 28.9 Å². The largest absolute Gasteiger partial charge is 0.497 e. The van der Waals surface area contributed by atoms with E-state index in [4.69, 9.17) is 19.5 Å². The second-order valence-corrected chi connectivity index (χ2v) is 7.73. The van der Waals surface area contributed by atoms with Crippen LogP contribution in [0.2, 0.25) is 0 Å². The fourth-order valence-corrected chi connectivity index (χ4v) is 2.92. The molecule has 0 fully saturated rings. The van der Waals surface area contributed by atoms with Gasteiger partial charge in [-0.15, -0.1) is 0 Å². The van der Waals surface area contributed by atoms with Crippen LogP contribution in [0, 0.1) is 11.3 Å². The van der Waals surface area contributed by atoms with Crippen molar-refractivity contribution in [2.45, 2.75) is 26.1 Å². The molecular weight excluding hydrogens is 422 g/mol. The molecule has 0 aliphatic carbocycles. The fraction of sp³-hybridized carbons (Fsp3) is 0.192. The summed E-state index contributed by atoms with van der Waals surface area (Å²) < 4.78 is 16.6. The normalized spacial score (nSPS) is 10.7. The van der Waals surface area contributed by atoms with Gasteiger partial charge in [0.15, 0.2) is 11.4 Å². The Balaban J connectivity index is 1.77. The number of benzene rings is 3. The van der Waals surface area contributed by atoms with Crippen LogP contribution in [0.25, 0.3) is 0 Å². The first-order chi connectivity index (χ1) is 15.7. The van der Waals surface area contributed by atoms with E-state index in [1.807, 2.05) is 12.1 Å². The summed E-state index contributed by atoms with van der Waals surface area (Å²) in [6.45, 7) is 3.13. The number of hydrogen-bond donors (Lipinski definition) is 1. The molecule has 7 nitrogen and oxygen atoms in total. The van der Waals surface area contributed by atoms with Crippen LogP contribution in [0.5, 0.6) is 17.2 Å². The number of carbonyl (C=O) groups is 2. The summed E-state index contributed by atoms with van der Waals surface area (Å²) in [7, 11) is 1.47. The highest BCUT2D eigenvalue weighted by Crippen LogP contribution is 2.30. The van der Waals surface area contributed by atoms with Crippen LogP contribution >= 0.6 is 0 Å². The highest BCUT2D eigenvalue weighted by Gasteiger charge is 2.31. The van der Waals surface area contributed by atoms with Crippen molar-refractivity contribution in [1.82, 2.24) is 0 Å². The summed E-state index contributed by atoms with van der Waals surface area (Å²) in [6, 6.07) is 20.4. The summed E-state index contributed by atoms with van der Waals surface area (Å²) in [5.74, 6) is -0.351. The quantitative estimate of drug-likeness (QED) is 0.479. The van der Waals surface area contributed by atoms with Crippen molar-refractivity contribution in [3.8, 4) is 23.3 Å². The molecule has 0 saturated carbocycles. The molecule has 0 heterocycles. The summed E-state index contributed by atoms with van der Waals surface area (Å²) in [5.41, 5.74) is 0.565. The molecule has 0 atom stereocenters. The monoisotopic (exact) mass is 445 g/mol. The minimum absolute atomic E-state index is 0.118. The van der Waals surface area contributed by atoms with Crippen LogP contribution in [0.15, 0.2) is 66.7 Å². The Morgan fingerprint density at radius 1 is 0.970 bits per heavy atom. The smallest absolute Gasteiger partial charge is 0.347 e. The average Bonchev–Trinajstić information content (AvgIpc) is 2.82. The zero-order chi connectivity index (χ0) is 24.0. The van der Waals surface area contributed by atoms with Crippen molar-refractivity contribution in [3.63, 3.8) is 0 Å². The molecule has 0 aliphatic rings. The van der Waals surface area contributed by atoms with Gasteiger partial charge in [-0.25, -0.2) is 4.79 Å². The molecule has 3 rings (SSSR count). The molecule has 0 spiro atoms. The number of aliphatic carboxylic acids is 1. The molecule has 1 N–H and O–H groups in total. The lowest BCUT2D eigenvalue weighted by molar-refractivity contribution is -0.152. The van der Waals surface area contributed by atoms with Gasteiger partial charge in [0.2, 0.25) is 0 Å². The standard InChI is InChI=1S/C26H23NO6/c1-26(2,25(29)30)33-23-14-21(31-3)12-13-22(23)24(28)19-8-10-20(11-9-19)32-16-18-6-4-17(15-27)5-7-18/h4-14H,16H2,1-3H3,(H,29,30). The number of ketones is 1. The minimum atomic E-state index is -1.54. The van der Waals surface area contributed by atoms with Crippen molar-refractivity contribution >= 4 is 11.8 Å². The van der Waals surface area contributed by atoms with Gasteiger partial charge in [0, 0.05) is 11.6 Å². The fourth-order valence-electron chi connectivity index (χ4n) is 2.92. The molecule has 168 valence electrons. The van der Waals surface area contributed by atoms with Crippen molar-refractivity contribution in [2.75, 3.05) is 7.11 Å². The highest BCUT2D eigenvalue weighted by atomic mass is 16.5. The maximum absolute atomic E-state index is 13.1. The first-order valence-corrected chi connectivity index (χ1v) is 10.1. The number of nitriles is 1. The van der Waals surface area contributed by atoms with Gasteiger partial charge in [-0.2, -0.15) is 5.26 Å². The third kappa shape index (κ3) is 5.69. The Morgan fingerprint density at radius 3 is 2.18 bits per heavy atom. The van der Waals surface area contributed by atoms with Gasteiger partial charge >= 0.3 is 5.97 Å². The maximum Gasteiger partial charge on any atom is 0.347 e. The number of carbonyl (C=O) groups excluding carboxylic acids is 1. The van der Waals surface area contributed by atoms with Crippen LogP contribution in [0.4, 0.5) is 0 Å². The number of methoxy groups -OCH3 is 1. The van der Waals surface area contributed by atoms with Gasteiger partial charge in [0.05, 0.1) is 24.3 Å². The molecule has 0 radical (unpaired) electrons. The number of hydrogen-bond acceptors (Lipinski definition) is 6. The maximum atomic E-state index is 13.1. The van der Waals surface area contributed by atoms with Gasteiger partial charge in [-0.3, -0.25) is 4.79 Å². The van der Waals surface area contributed by atoms with Crippen molar-refractivity contribution in [2.24, 2.45) is 0 Å². The minimum Gasteiger partial charge on any atom is -0.497 e. The zero-order valence-electron chi connectivity index (χ0n) is 18.5. The summed E-state index contributed by atoms with van der Waals surface area (Å²) in [6.07, 6.45) is 0. The van der Waals surface area contributed by atoms with E-state index in [0.717, 1.165) is 5.56 Å². The van der Waals surface area contributed by atoms with Gasteiger partial charge in [-0.1, -0.05) is 12.1 Å². The van der Waals surface area contributed by atoms with E-state index in [9.17, 15) is 14.7 Å². The molecule has 0 amide bonds. The lowest BCUT2D eigenvalue weighted by atomic mass is 10.0. The topological polar surface area (TPSA) is 106 Å². The number of rotatable bonds is 9. The number of carboxylic acid groups (broad SMARTS) is 1. The molecule has 0 bridgehead atoms. The van der Waals surface area contributed by atoms with Gasteiger partial charge in [0.1, 0.15) is 23.9 Å². The van der Waals surface area contributed by atoms with E-state index in [0.29, 0.717) is 29.2 Å². The summed E-state index contributed by atoms with van der Waals surface area (Å²) in [4.78, 5) is 24.6. The molecular formula is C26H23NO6. The highest BCUT2D eigenvalue weighted by molar-refractivity contribution is 6.11. The SMILES string of the molecule is COc1ccc(C(=O)c2ccc(OCc3ccc(C#N)cc3)cc2)c(OC(C)(C)C(=O)O)c1. The van der Waals surface area contributed by atoms with Crippen LogP contribution < -0.4 is 14.2 Å². The van der Waals surface area contributed by atoms with E-state index < -0.39 is 11.6 Å². The second kappa shape index (κ2) is 9.88. The van der Waals surface area contributed by atoms with Crippen LogP contribution in [0.3, 0.4) is 0 Å². The van der Waals surface area contributed by atoms with E-state index >= 15 is 0 Å². The van der Waals surface area contributed by atoms with E-state index in [1.165, 1.54) is 27.0 Å². The lowest BCUT2D eigenvalue weighted by Gasteiger charge is -2.23. The van der Waals surface area contributed by atoms with Gasteiger partial charge < -0.3 is 19.3 Å². The average molecular weight is 445 g/mol. The molecule has 3 aromatic rings. The van der Waals surface area contributed by atoms with Crippen LogP contribution in [-0.4, -0.2) is 29.6 Å². The summed E-state index contributed by atoms with van der Waals surface area (Å²) >= 11 is 0. The third-order valence-corrected chi connectivity index (χ3v) is 4.92. The van der Waals surface area contributed by atoms with Crippen LogP contribution in [0.1, 0.15) is 40.9 Å². The zero-order valence-corrected chi connectivity index (χ0v) is 18.5. The van der Waals surface area contributed by atoms with Crippen molar-refractivity contribution in [3.05, 3.63) is 89.0 Å². The molecule has 0 unspecified atom stereocenters. The predicted molar refractivity (Wildman–Crippen MR) is 121 cm³/mol. The van der Waals surface area contributed by atoms with Crippen molar-refractivity contribution in [1.29, 1.82) is 5.26 Å². The first-order valence-electron chi connectivity index (χ1n) is 10.1. The molecule has 3 aromatic carbocycles. The first kappa shape index (κ1) is 23.4. The van der Waals surface area contributed by atoms with E-state index in [1.54, 1.807) is 48.5 Å². The Hall–Kier alpha value is -4.31. The molecule has 0 saturated heterocycles. The van der Waals surface area contributed by atoms with Crippen LogP contribution in [-0.2, 0) is 11.4 Å². The van der Waals surface area contributed by atoms with Gasteiger partial charge in [0.25, 0.3) is 0 Å². The number of ether oxygens (including phenoxy) is 3. The number of nitrogens with zero attached hydrogens (tertiary/aromatic N) is 1. The molecule has 7 heteroatoms.